The molecule has 0 spiro atoms. The van der Waals surface area contributed by atoms with Gasteiger partial charge in [-0.05, 0) is 13.8 Å². The molecule has 0 radical (unpaired) electrons. The second-order valence-corrected chi connectivity index (χ2v) is 5.37. The smallest absolute Gasteiger partial charge is 0.107 e. The average molecular weight is 263 g/mol. The first kappa shape index (κ1) is 13.9. The molecule has 0 aliphatic rings. The highest BCUT2D eigenvalue weighted by Gasteiger charge is 2.09. The summed E-state index contributed by atoms with van der Waals surface area (Å²) in [6, 6.07) is 0. The highest BCUT2D eigenvalue weighted by Crippen LogP contribution is 2.17. The van der Waals surface area contributed by atoms with Crippen molar-refractivity contribution in [3.63, 3.8) is 0 Å². The van der Waals surface area contributed by atoms with E-state index in [4.69, 9.17) is 16.3 Å². The maximum atomic E-state index is 5.78. The summed E-state index contributed by atoms with van der Waals surface area (Å²) in [5.74, 6) is 0.646. The lowest BCUT2D eigenvalue weighted by molar-refractivity contribution is 0.148. The number of hydrogen-bond acceptors (Lipinski definition) is 4. The van der Waals surface area contributed by atoms with Gasteiger partial charge in [-0.25, -0.2) is 4.98 Å². The van der Waals surface area contributed by atoms with Gasteiger partial charge in [0, 0.05) is 31.0 Å². The number of rotatable bonds is 7. The van der Waals surface area contributed by atoms with Gasteiger partial charge in [-0.15, -0.1) is 22.9 Å². The van der Waals surface area contributed by atoms with Gasteiger partial charge >= 0.3 is 0 Å². The third kappa shape index (κ3) is 4.37. The number of aryl methyl sites for hydroxylation is 2. The van der Waals surface area contributed by atoms with Crippen molar-refractivity contribution in [3.05, 3.63) is 15.6 Å². The standard InChI is InChI=1S/C11H19ClN2OS/c1-9-10(2)16-11(13-9)8-14(5-4-12)6-7-15-3/h4-8H2,1-3H3. The van der Waals surface area contributed by atoms with Crippen LogP contribution < -0.4 is 0 Å². The number of hydrogen-bond donors (Lipinski definition) is 0. The lowest BCUT2D eigenvalue weighted by Gasteiger charge is -2.19. The zero-order valence-electron chi connectivity index (χ0n) is 10.1. The maximum Gasteiger partial charge on any atom is 0.107 e. The second kappa shape index (κ2) is 7.22. The van der Waals surface area contributed by atoms with Crippen LogP contribution in [0.15, 0.2) is 0 Å². The number of thiazole rings is 1. The Morgan fingerprint density at radius 3 is 2.62 bits per heavy atom. The zero-order chi connectivity index (χ0) is 12.0. The first-order valence-electron chi connectivity index (χ1n) is 5.37. The van der Waals surface area contributed by atoms with E-state index < -0.39 is 0 Å². The fourth-order valence-electron chi connectivity index (χ4n) is 1.41. The molecule has 92 valence electrons. The van der Waals surface area contributed by atoms with Crippen LogP contribution in [-0.2, 0) is 11.3 Å². The predicted octanol–water partition coefficient (Wildman–Crippen LogP) is 2.45. The molecule has 5 heteroatoms. The molecule has 0 aliphatic heterocycles. The van der Waals surface area contributed by atoms with Gasteiger partial charge in [0.25, 0.3) is 0 Å². The van der Waals surface area contributed by atoms with Crippen LogP contribution >= 0.6 is 22.9 Å². The zero-order valence-corrected chi connectivity index (χ0v) is 11.7. The summed E-state index contributed by atoms with van der Waals surface area (Å²) in [6.07, 6.45) is 0. The molecule has 0 amide bonds. The molecule has 0 N–H and O–H groups in total. The van der Waals surface area contributed by atoms with Crippen LogP contribution in [0.2, 0.25) is 0 Å². The fraction of sp³-hybridized carbons (Fsp3) is 0.727. The number of halogens is 1. The van der Waals surface area contributed by atoms with Crippen molar-refractivity contribution in [3.8, 4) is 0 Å². The summed E-state index contributed by atoms with van der Waals surface area (Å²) in [5.41, 5.74) is 1.14. The van der Waals surface area contributed by atoms with Crippen LogP contribution in [0.4, 0.5) is 0 Å². The Labute approximate surface area is 106 Å². The van der Waals surface area contributed by atoms with Gasteiger partial charge in [-0.1, -0.05) is 0 Å². The van der Waals surface area contributed by atoms with Gasteiger partial charge in [0.15, 0.2) is 0 Å². The fourth-order valence-corrected chi connectivity index (χ4v) is 2.62. The van der Waals surface area contributed by atoms with Crippen molar-refractivity contribution < 1.29 is 4.74 Å². The molecule has 1 aromatic heterocycles. The molecule has 0 atom stereocenters. The Morgan fingerprint density at radius 2 is 2.12 bits per heavy atom. The molecule has 16 heavy (non-hydrogen) atoms. The average Bonchev–Trinajstić information content (AvgIpc) is 2.55. The molecule has 1 heterocycles. The number of alkyl halides is 1. The molecule has 0 bridgehead atoms. The Bertz CT molecular complexity index is 297. The Morgan fingerprint density at radius 1 is 1.38 bits per heavy atom. The summed E-state index contributed by atoms with van der Waals surface area (Å²) in [5, 5.41) is 1.16. The minimum absolute atomic E-state index is 0.646. The van der Waals surface area contributed by atoms with Crippen LogP contribution in [0.5, 0.6) is 0 Å². The van der Waals surface area contributed by atoms with Gasteiger partial charge in [0.05, 0.1) is 18.8 Å². The quantitative estimate of drug-likeness (QED) is 0.706. The molecular weight excluding hydrogens is 244 g/mol. The normalized spacial score (nSPS) is 11.3. The Hall–Kier alpha value is -0.160. The molecule has 0 aliphatic carbocycles. The van der Waals surface area contributed by atoms with Gasteiger partial charge in [0.2, 0.25) is 0 Å². The van der Waals surface area contributed by atoms with E-state index in [1.807, 2.05) is 0 Å². The molecule has 0 unspecified atom stereocenters. The van der Waals surface area contributed by atoms with E-state index in [1.165, 1.54) is 4.88 Å². The number of aromatic nitrogens is 1. The molecule has 1 aromatic rings. The van der Waals surface area contributed by atoms with Crippen LogP contribution in [-0.4, -0.2) is 42.6 Å². The van der Waals surface area contributed by atoms with E-state index in [0.29, 0.717) is 5.88 Å². The molecule has 3 nitrogen and oxygen atoms in total. The third-order valence-electron chi connectivity index (χ3n) is 2.44. The molecule has 0 saturated heterocycles. The Balaban J connectivity index is 2.52. The van der Waals surface area contributed by atoms with Crippen molar-refractivity contribution in [2.75, 3.05) is 32.7 Å². The third-order valence-corrected chi connectivity index (χ3v) is 3.67. The largest absolute Gasteiger partial charge is 0.383 e. The van der Waals surface area contributed by atoms with Crippen LogP contribution in [0.1, 0.15) is 15.6 Å². The van der Waals surface area contributed by atoms with Gasteiger partial charge < -0.3 is 4.74 Å². The van der Waals surface area contributed by atoms with E-state index >= 15 is 0 Å². The number of ether oxygens (including phenoxy) is 1. The van der Waals surface area contributed by atoms with E-state index in [0.717, 1.165) is 36.9 Å². The van der Waals surface area contributed by atoms with E-state index in [9.17, 15) is 0 Å². The van der Waals surface area contributed by atoms with E-state index in [2.05, 4.69) is 23.7 Å². The van der Waals surface area contributed by atoms with Crippen LogP contribution in [0.3, 0.4) is 0 Å². The van der Waals surface area contributed by atoms with Crippen molar-refractivity contribution in [1.29, 1.82) is 0 Å². The number of methoxy groups -OCH3 is 1. The molecule has 1 rings (SSSR count). The first-order chi connectivity index (χ1) is 7.67. The van der Waals surface area contributed by atoms with Gasteiger partial charge in [0.1, 0.15) is 5.01 Å². The molecule has 0 aromatic carbocycles. The van der Waals surface area contributed by atoms with Crippen LogP contribution in [0, 0.1) is 13.8 Å². The summed E-state index contributed by atoms with van der Waals surface area (Å²) >= 11 is 7.54. The summed E-state index contributed by atoms with van der Waals surface area (Å²) in [4.78, 5) is 8.10. The van der Waals surface area contributed by atoms with Gasteiger partial charge in [-0.2, -0.15) is 0 Å². The summed E-state index contributed by atoms with van der Waals surface area (Å²) in [6.45, 7) is 7.55. The Kier molecular flexibility index (Phi) is 6.28. The maximum absolute atomic E-state index is 5.78. The highest BCUT2D eigenvalue weighted by molar-refractivity contribution is 7.11. The first-order valence-corrected chi connectivity index (χ1v) is 6.72. The van der Waals surface area contributed by atoms with E-state index in [-0.39, 0.29) is 0 Å². The van der Waals surface area contributed by atoms with Crippen LogP contribution in [0.25, 0.3) is 0 Å². The monoisotopic (exact) mass is 262 g/mol. The van der Waals surface area contributed by atoms with E-state index in [1.54, 1.807) is 18.4 Å². The lowest BCUT2D eigenvalue weighted by Crippen LogP contribution is -2.28. The van der Waals surface area contributed by atoms with Gasteiger partial charge in [-0.3, -0.25) is 4.90 Å². The number of nitrogens with zero attached hydrogens (tertiary/aromatic N) is 2. The highest BCUT2D eigenvalue weighted by atomic mass is 35.5. The lowest BCUT2D eigenvalue weighted by atomic mass is 10.4. The SMILES string of the molecule is COCCN(CCCl)Cc1nc(C)c(C)s1. The minimum Gasteiger partial charge on any atom is -0.383 e. The summed E-state index contributed by atoms with van der Waals surface area (Å²) in [7, 11) is 1.72. The van der Waals surface area contributed by atoms with Crippen molar-refractivity contribution >= 4 is 22.9 Å². The topological polar surface area (TPSA) is 25.4 Å². The minimum atomic E-state index is 0.646. The van der Waals surface area contributed by atoms with Crippen molar-refractivity contribution in [2.45, 2.75) is 20.4 Å². The van der Waals surface area contributed by atoms with Crippen molar-refractivity contribution in [1.82, 2.24) is 9.88 Å². The van der Waals surface area contributed by atoms with Crippen molar-refractivity contribution in [2.24, 2.45) is 0 Å². The summed E-state index contributed by atoms with van der Waals surface area (Å²) < 4.78 is 5.08. The molecule has 0 saturated carbocycles. The second-order valence-electron chi connectivity index (χ2n) is 3.71. The molecule has 0 fully saturated rings. The predicted molar refractivity (Wildman–Crippen MR) is 69.5 cm³/mol. The molecular formula is C11H19ClN2OS.